The van der Waals surface area contributed by atoms with E-state index in [0.29, 0.717) is 0 Å². The molecule has 0 spiro atoms. The molecule has 0 saturated heterocycles. The van der Waals surface area contributed by atoms with E-state index in [1.54, 1.807) is 18.2 Å². The van der Waals surface area contributed by atoms with E-state index in [-0.39, 0.29) is 65.0 Å². The Labute approximate surface area is 201 Å². The van der Waals surface area contributed by atoms with Gasteiger partial charge in [-0.05, 0) is 43.2 Å². The number of hydrogen-bond donors (Lipinski definition) is 3. The Hall–Kier alpha value is -0.934. The summed E-state index contributed by atoms with van der Waals surface area (Å²) in [5.41, 5.74) is 4.01. The topological polar surface area (TPSA) is 90.7 Å². The first-order valence-electron chi connectivity index (χ1n) is 8.26. The maximum absolute atomic E-state index is 13.2. The number of nitrogens with zero attached hydrogens (tertiary/aromatic N) is 1. The number of carboxylic acids is 1. The van der Waals surface area contributed by atoms with Crippen LogP contribution in [-0.4, -0.2) is 38.5 Å². The number of halogens is 1. The van der Waals surface area contributed by atoms with Crippen molar-refractivity contribution < 1.29 is 77.3 Å². The van der Waals surface area contributed by atoms with Crippen LogP contribution in [0.5, 0.6) is 0 Å². The summed E-state index contributed by atoms with van der Waals surface area (Å²) in [6.07, 6.45) is 0.576. The SMILES string of the molecule is Cc1cc(-c2ccc(F)cc2)c(C=C[C@@H](O)C[C@@H](O)CC(=O)O)c(C)n1.[H-].[K+]. The molecule has 1 aromatic heterocycles. The second-order valence-electron chi connectivity index (χ2n) is 6.23. The molecule has 2 atom stereocenters. The van der Waals surface area contributed by atoms with Gasteiger partial charge in [-0.3, -0.25) is 9.78 Å². The molecule has 0 radical (unpaired) electrons. The summed E-state index contributed by atoms with van der Waals surface area (Å²) in [6.45, 7) is 3.70. The number of carboxylic acid groups (broad SMARTS) is 1. The predicted molar refractivity (Wildman–Crippen MR) is 98.1 cm³/mol. The van der Waals surface area contributed by atoms with Crippen molar-refractivity contribution in [2.45, 2.75) is 38.9 Å². The fourth-order valence-electron chi connectivity index (χ4n) is 2.77. The zero-order valence-corrected chi connectivity index (χ0v) is 18.8. The van der Waals surface area contributed by atoms with Crippen LogP contribution in [0, 0.1) is 19.7 Å². The second-order valence-corrected chi connectivity index (χ2v) is 6.23. The summed E-state index contributed by atoms with van der Waals surface area (Å²) >= 11 is 0. The van der Waals surface area contributed by atoms with E-state index in [0.717, 1.165) is 28.1 Å². The van der Waals surface area contributed by atoms with Crippen LogP contribution in [-0.2, 0) is 4.79 Å². The van der Waals surface area contributed by atoms with Crippen LogP contribution < -0.4 is 51.4 Å². The number of aliphatic carboxylic acids is 1. The summed E-state index contributed by atoms with van der Waals surface area (Å²) in [7, 11) is 0. The van der Waals surface area contributed by atoms with Crippen LogP contribution in [0.4, 0.5) is 4.39 Å². The number of aliphatic hydroxyl groups excluding tert-OH is 2. The monoisotopic (exact) mass is 399 g/mol. The van der Waals surface area contributed by atoms with E-state index in [4.69, 9.17) is 5.11 Å². The molecule has 27 heavy (non-hydrogen) atoms. The third-order valence-electron chi connectivity index (χ3n) is 3.94. The molecule has 0 unspecified atom stereocenters. The van der Waals surface area contributed by atoms with E-state index >= 15 is 0 Å². The van der Waals surface area contributed by atoms with Crippen molar-refractivity contribution in [2.75, 3.05) is 0 Å². The van der Waals surface area contributed by atoms with E-state index in [2.05, 4.69) is 4.98 Å². The van der Waals surface area contributed by atoms with Gasteiger partial charge in [-0.15, -0.1) is 0 Å². The van der Waals surface area contributed by atoms with Gasteiger partial charge in [-0.2, -0.15) is 0 Å². The molecule has 140 valence electrons. The van der Waals surface area contributed by atoms with Gasteiger partial charge in [0.25, 0.3) is 0 Å². The average molecular weight is 400 g/mol. The van der Waals surface area contributed by atoms with Crippen molar-refractivity contribution in [1.82, 2.24) is 4.98 Å². The van der Waals surface area contributed by atoms with Gasteiger partial charge in [0, 0.05) is 23.4 Å². The molecule has 7 heteroatoms. The molecule has 5 nitrogen and oxygen atoms in total. The number of pyridine rings is 1. The maximum atomic E-state index is 13.2. The normalized spacial score (nSPS) is 13.2. The minimum absolute atomic E-state index is 0. The fourth-order valence-corrected chi connectivity index (χ4v) is 2.77. The van der Waals surface area contributed by atoms with Crippen LogP contribution in [0.1, 0.15) is 31.2 Å². The molecule has 1 heterocycles. The number of aryl methyl sites for hydroxylation is 2. The summed E-state index contributed by atoms with van der Waals surface area (Å²) in [4.78, 5) is 15.0. The van der Waals surface area contributed by atoms with Gasteiger partial charge < -0.3 is 16.7 Å². The molecule has 3 N–H and O–H groups in total. The standard InChI is InChI=1S/C20H22FNO4.K.H/c1-12-9-19(14-3-5-15(21)6-4-14)18(13(2)22-12)8-7-16(23)10-17(24)11-20(25)26;;/h3-9,16-17,23-24H,10-11H2,1-2H3,(H,25,26);;/q;+1;-1/t16-,17-;;/m1../s1. The Balaban J connectivity index is 0.00000364. The first-order valence-corrected chi connectivity index (χ1v) is 8.26. The molecule has 0 aliphatic rings. The summed E-state index contributed by atoms with van der Waals surface area (Å²) in [6, 6.07) is 7.99. The Morgan fingerprint density at radius 2 is 1.89 bits per heavy atom. The molecule has 0 amide bonds. The van der Waals surface area contributed by atoms with Crippen molar-refractivity contribution in [2.24, 2.45) is 0 Å². The molecular formula is C20H23FKNO4. The Kier molecular flexibility index (Phi) is 9.96. The van der Waals surface area contributed by atoms with Crippen LogP contribution in [0.3, 0.4) is 0 Å². The van der Waals surface area contributed by atoms with Crippen LogP contribution in [0.25, 0.3) is 17.2 Å². The van der Waals surface area contributed by atoms with Crippen LogP contribution in [0.15, 0.2) is 36.4 Å². The van der Waals surface area contributed by atoms with Gasteiger partial charge in [0.05, 0.1) is 18.6 Å². The first kappa shape index (κ1) is 24.1. The number of rotatable bonds is 7. The van der Waals surface area contributed by atoms with Crippen LogP contribution in [0.2, 0.25) is 0 Å². The molecule has 2 rings (SSSR count). The third kappa shape index (κ3) is 7.54. The minimum Gasteiger partial charge on any atom is -1.00 e. The zero-order valence-electron chi connectivity index (χ0n) is 16.7. The van der Waals surface area contributed by atoms with Crippen LogP contribution >= 0.6 is 0 Å². The van der Waals surface area contributed by atoms with Gasteiger partial charge in [0.2, 0.25) is 0 Å². The minimum atomic E-state index is -1.12. The van der Waals surface area contributed by atoms with E-state index in [1.807, 2.05) is 19.9 Å². The van der Waals surface area contributed by atoms with E-state index in [1.165, 1.54) is 18.2 Å². The number of hydrogen-bond acceptors (Lipinski definition) is 4. The van der Waals surface area contributed by atoms with Crippen molar-refractivity contribution >= 4 is 12.0 Å². The molecule has 0 fully saturated rings. The Morgan fingerprint density at radius 1 is 1.26 bits per heavy atom. The second kappa shape index (κ2) is 11.2. The average Bonchev–Trinajstić information content (AvgIpc) is 2.53. The van der Waals surface area contributed by atoms with Gasteiger partial charge in [-0.1, -0.05) is 24.3 Å². The number of benzene rings is 1. The van der Waals surface area contributed by atoms with Crippen molar-refractivity contribution in [3.63, 3.8) is 0 Å². The molecule has 2 aromatic rings. The van der Waals surface area contributed by atoms with Gasteiger partial charge >= 0.3 is 57.4 Å². The summed E-state index contributed by atoms with van der Waals surface area (Å²) in [5, 5.41) is 28.3. The first-order chi connectivity index (χ1) is 12.3. The van der Waals surface area contributed by atoms with Crippen molar-refractivity contribution in [3.8, 4) is 11.1 Å². The number of aromatic nitrogens is 1. The zero-order chi connectivity index (χ0) is 19.3. The van der Waals surface area contributed by atoms with Crippen molar-refractivity contribution in [3.05, 3.63) is 59.2 Å². The summed E-state index contributed by atoms with van der Waals surface area (Å²) < 4.78 is 13.2. The summed E-state index contributed by atoms with van der Waals surface area (Å²) in [5.74, 6) is -1.44. The fraction of sp³-hybridized carbons (Fsp3) is 0.300. The molecular weight excluding hydrogens is 376 g/mol. The molecule has 0 aliphatic heterocycles. The Bertz CT molecular complexity index is 815. The van der Waals surface area contributed by atoms with Crippen molar-refractivity contribution in [1.29, 1.82) is 0 Å². The smallest absolute Gasteiger partial charge is 1.00 e. The third-order valence-corrected chi connectivity index (χ3v) is 3.94. The quantitative estimate of drug-likeness (QED) is 0.580. The molecule has 0 saturated carbocycles. The van der Waals surface area contributed by atoms with Gasteiger partial charge in [0.15, 0.2) is 0 Å². The number of aliphatic hydroxyl groups is 2. The molecule has 0 bridgehead atoms. The van der Waals surface area contributed by atoms with Gasteiger partial charge in [0.1, 0.15) is 5.82 Å². The van der Waals surface area contributed by atoms with E-state index in [9.17, 15) is 19.4 Å². The predicted octanol–water partition coefficient (Wildman–Crippen LogP) is 0.221. The van der Waals surface area contributed by atoms with Gasteiger partial charge in [-0.25, -0.2) is 4.39 Å². The number of carbonyl (C=O) groups is 1. The Morgan fingerprint density at radius 3 is 2.48 bits per heavy atom. The molecule has 1 aromatic carbocycles. The van der Waals surface area contributed by atoms with E-state index < -0.39 is 24.6 Å². The maximum Gasteiger partial charge on any atom is 1.00 e. The largest absolute Gasteiger partial charge is 1.00 e. The molecule has 0 aliphatic carbocycles.